The predicted octanol–water partition coefficient (Wildman–Crippen LogP) is 2.74. The van der Waals surface area contributed by atoms with Crippen molar-refractivity contribution in [3.05, 3.63) is 29.6 Å². The van der Waals surface area contributed by atoms with E-state index in [2.05, 4.69) is 5.32 Å². The molecule has 1 rings (SSSR count). The minimum Gasteiger partial charge on any atom is -0.310 e. The number of benzene rings is 1. The van der Waals surface area contributed by atoms with E-state index in [0.29, 0.717) is 13.0 Å². The van der Waals surface area contributed by atoms with Crippen LogP contribution in [-0.4, -0.2) is 31.9 Å². The van der Waals surface area contributed by atoms with Gasteiger partial charge in [-0.05, 0) is 31.0 Å². The average molecular weight is 316 g/mol. The molecule has 0 saturated carbocycles. The molecule has 0 radical (unpaired) electrons. The first-order valence-electron chi connectivity index (χ1n) is 7.20. The van der Waals surface area contributed by atoms with Crippen LogP contribution >= 0.6 is 0 Å². The summed E-state index contributed by atoms with van der Waals surface area (Å²) in [6, 6.07) is 4.34. The zero-order chi connectivity index (χ0) is 16.2. The highest BCUT2D eigenvalue weighted by molar-refractivity contribution is 7.89. The Hall–Kier alpha value is -0.980. The number of nitrogens with one attached hydrogen (secondary N) is 1. The lowest BCUT2D eigenvalue weighted by Crippen LogP contribution is -2.35. The maximum absolute atomic E-state index is 14.0. The molecule has 1 unspecified atom stereocenters. The zero-order valence-corrected chi connectivity index (χ0v) is 14.2. The van der Waals surface area contributed by atoms with Crippen molar-refractivity contribution in [2.45, 2.75) is 57.6 Å². The molecule has 0 fully saturated rings. The molecule has 0 spiro atoms. The summed E-state index contributed by atoms with van der Waals surface area (Å²) in [7, 11) is -2.32. The molecule has 21 heavy (non-hydrogen) atoms. The third-order valence-electron chi connectivity index (χ3n) is 3.58. The molecule has 1 N–H and O–H groups in total. The normalized spacial score (nSPS) is 13.9. The molecule has 120 valence electrons. The molecule has 0 heterocycles. The van der Waals surface area contributed by atoms with Gasteiger partial charge in [0, 0.05) is 25.7 Å². The largest absolute Gasteiger partial charge is 0.310 e. The molecule has 0 aliphatic carbocycles. The topological polar surface area (TPSA) is 49.4 Å². The summed E-state index contributed by atoms with van der Waals surface area (Å²) in [6.07, 6.45) is 0.673. The highest BCUT2D eigenvalue weighted by Crippen LogP contribution is 2.22. The van der Waals surface area contributed by atoms with E-state index in [1.807, 2.05) is 20.8 Å². The van der Waals surface area contributed by atoms with Gasteiger partial charge in [-0.2, -0.15) is 4.31 Å². The van der Waals surface area contributed by atoms with Gasteiger partial charge in [-0.1, -0.05) is 26.8 Å². The Morgan fingerprint density at radius 2 is 1.90 bits per heavy atom. The highest BCUT2D eigenvalue weighted by Gasteiger charge is 2.27. The summed E-state index contributed by atoms with van der Waals surface area (Å²) >= 11 is 0. The maximum atomic E-state index is 14.0. The lowest BCUT2D eigenvalue weighted by molar-refractivity contribution is 0.378. The van der Waals surface area contributed by atoms with Crippen LogP contribution in [0.2, 0.25) is 0 Å². The van der Waals surface area contributed by atoms with Gasteiger partial charge in [0.15, 0.2) is 0 Å². The lowest BCUT2D eigenvalue weighted by Gasteiger charge is -2.23. The molecular weight excluding hydrogens is 291 g/mol. The van der Waals surface area contributed by atoms with Crippen molar-refractivity contribution in [3.8, 4) is 0 Å². The molecule has 4 nitrogen and oxygen atoms in total. The van der Waals surface area contributed by atoms with Gasteiger partial charge < -0.3 is 5.32 Å². The minimum absolute atomic E-state index is 0.174. The molecule has 0 bridgehead atoms. The monoisotopic (exact) mass is 316 g/mol. The number of halogens is 1. The van der Waals surface area contributed by atoms with E-state index in [0.717, 1.165) is 5.56 Å². The summed E-state index contributed by atoms with van der Waals surface area (Å²) in [4.78, 5) is -0.256. The van der Waals surface area contributed by atoms with Gasteiger partial charge in [0.2, 0.25) is 10.0 Å². The summed E-state index contributed by atoms with van der Waals surface area (Å²) in [5, 5.41) is 3.19. The second-order valence-electron chi connectivity index (χ2n) is 5.58. The lowest BCUT2D eigenvalue weighted by atomic mass is 10.2. The van der Waals surface area contributed by atoms with E-state index in [1.54, 1.807) is 13.0 Å². The Labute approximate surface area is 127 Å². The first-order valence-corrected chi connectivity index (χ1v) is 8.64. The fourth-order valence-corrected chi connectivity index (χ4v) is 3.37. The molecule has 0 aliphatic rings. The summed E-state index contributed by atoms with van der Waals surface area (Å²) in [5.41, 5.74) is 0.751. The number of sulfonamides is 1. The molecule has 1 aromatic carbocycles. The van der Waals surface area contributed by atoms with Gasteiger partial charge in [0.05, 0.1) is 0 Å². The Kier molecular flexibility index (Phi) is 6.31. The third-order valence-corrected chi connectivity index (χ3v) is 5.57. The van der Waals surface area contributed by atoms with Crippen LogP contribution < -0.4 is 5.32 Å². The fourth-order valence-electron chi connectivity index (χ4n) is 1.83. The van der Waals surface area contributed by atoms with Crippen LogP contribution in [0.15, 0.2) is 23.1 Å². The van der Waals surface area contributed by atoms with E-state index < -0.39 is 15.8 Å². The molecule has 0 aliphatic heterocycles. The Bertz CT molecular complexity index is 573. The molecule has 1 aromatic rings. The van der Waals surface area contributed by atoms with Crippen molar-refractivity contribution < 1.29 is 12.8 Å². The van der Waals surface area contributed by atoms with Crippen LogP contribution in [0.1, 0.15) is 39.7 Å². The fraction of sp³-hybridized carbons (Fsp3) is 0.600. The number of rotatable bonds is 7. The van der Waals surface area contributed by atoms with Gasteiger partial charge in [-0.15, -0.1) is 0 Å². The Morgan fingerprint density at radius 3 is 2.43 bits per heavy atom. The third kappa shape index (κ3) is 4.49. The molecule has 0 saturated heterocycles. The van der Waals surface area contributed by atoms with Crippen molar-refractivity contribution in [2.75, 3.05) is 7.05 Å². The van der Waals surface area contributed by atoms with Crippen molar-refractivity contribution in [1.82, 2.24) is 9.62 Å². The van der Waals surface area contributed by atoms with E-state index >= 15 is 0 Å². The smallest absolute Gasteiger partial charge is 0.245 e. The van der Waals surface area contributed by atoms with Crippen LogP contribution in [0.5, 0.6) is 0 Å². The van der Waals surface area contributed by atoms with Crippen LogP contribution in [0.4, 0.5) is 4.39 Å². The van der Waals surface area contributed by atoms with Crippen molar-refractivity contribution in [3.63, 3.8) is 0 Å². The van der Waals surface area contributed by atoms with Gasteiger partial charge in [0.25, 0.3) is 0 Å². The zero-order valence-electron chi connectivity index (χ0n) is 13.4. The van der Waals surface area contributed by atoms with Crippen LogP contribution in [0.3, 0.4) is 0 Å². The van der Waals surface area contributed by atoms with Crippen molar-refractivity contribution in [1.29, 1.82) is 0 Å². The van der Waals surface area contributed by atoms with Gasteiger partial charge in [-0.3, -0.25) is 0 Å². The number of hydrogen-bond donors (Lipinski definition) is 1. The Balaban J connectivity index is 3.13. The van der Waals surface area contributed by atoms with Crippen molar-refractivity contribution in [2.24, 2.45) is 0 Å². The minimum atomic E-state index is -3.81. The van der Waals surface area contributed by atoms with Gasteiger partial charge in [-0.25, -0.2) is 12.8 Å². The molecule has 1 atom stereocenters. The SMILES string of the molecule is CCC(C)N(C)S(=O)(=O)c1cc(CNC(C)C)ccc1F. The summed E-state index contributed by atoms with van der Waals surface area (Å²) in [5.74, 6) is -0.710. The second kappa shape index (κ2) is 7.33. The first kappa shape index (κ1) is 18.1. The highest BCUT2D eigenvalue weighted by atomic mass is 32.2. The Morgan fingerprint density at radius 1 is 1.29 bits per heavy atom. The van der Waals surface area contributed by atoms with Gasteiger partial charge >= 0.3 is 0 Å². The maximum Gasteiger partial charge on any atom is 0.245 e. The van der Waals surface area contributed by atoms with Gasteiger partial charge in [0.1, 0.15) is 10.7 Å². The number of nitrogens with zero attached hydrogens (tertiary/aromatic N) is 1. The molecular formula is C15H25FN2O2S. The van der Waals surface area contributed by atoms with E-state index in [4.69, 9.17) is 0 Å². The van der Waals surface area contributed by atoms with Crippen molar-refractivity contribution >= 4 is 10.0 Å². The van der Waals surface area contributed by atoms with Crippen LogP contribution in [0, 0.1) is 5.82 Å². The second-order valence-corrected chi connectivity index (χ2v) is 7.54. The quantitative estimate of drug-likeness (QED) is 0.841. The molecule has 0 aromatic heterocycles. The number of hydrogen-bond acceptors (Lipinski definition) is 3. The van der Waals surface area contributed by atoms with Crippen LogP contribution in [0.25, 0.3) is 0 Å². The first-order chi connectivity index (χ1) is 9.70. The van der Waals surface area contributed by atoms with E-state index in [1.165, 1.54) is 23.5 Å². The summed E-state index contributed by atoms with van der Waals surface area (Å²) in [6.45, 7) is 8.21. The van der Waals surface area contributed by atoms with E-state index in [9.17, 15) is 12.8 Å². The van der Waals surface area contributed by atoms with E-state index in [-0.39, 0.29) is 17.0 Å². The van der Waals surface area contributed by atoms with Crippen LogP contribution in [-0.2, 0) is 16.6 Å². The molecule has 6 heteroatoms. The molecule has 0 amide bonds. The standard InChI is InChI=1S/C15H25FN2O2S/c1-6-12(4)18(5)21(19,20)15-9-13(7-8-14(15)16)10-17-11(2)3/h7-9,11-12,17H,6,10H2,1-5H3. The average Bonchev–Trinajstić information content (AvgIpc) is 2.44. The summed E-state index contributed by atoms with van der Waals surface area (Å²) < 4.78 is 40.2. The predicted molar refractivity (Wildman–Crippen MR) is 83.1 cm³/mol.